The first-order valence-corrected chi connectivity index (χ1v) is 17.9. The van der Waals surface area contributed by atoms with Crippen LogP contribution >= 0.6 is 0 Å². The Morgan fingerprint density at radius 1 is 0.412 bits per heavy atom. The van der Waals surface area contributed by atoms with Crippen LogP contribution in [0.3, 0.4) is 0 Å². The standard InChI is InChI=1S/C49H31NO/c1-49(2)39-20-10-19-38-44(39)46-43-35(34-16-8-12-29-22-26-40(49)45(46)42(29)34)17-9-18-37(43)47(38)50(30-13-4-3-5-14-30)31-23-25-33-36-24-21-28-11-6-7-15-32(28)48(36)51-41(33)27-31/h3-27H,1-2H3. The largest absolute Gasteiger partial charge is 0.455 e. The average Bonchev–Trinajstić information content (AvgIpc) is 3.55. The summed E-state index contributed by atoms with van der Waals surface area (Å²) in [6, 6.07) is 55.9. The third-order valence-electron chi connectivity index (χ3n) is 11.9. The lowest BCUT2D eigenvalue weighted by atomic mass is 9.68. The van der Waals surface area contributed by atoms with Gasteiger partial charge in [0.15, 0.2) is 0 Å². The normalized spacial score (nSPS) is 13.8. The Balaban J connectivity index is 1.26. The molecule has 0 saturated carbocycles. The van der Waals surface area contributed by atoms with E-state index < -0.39 is 0 Å². The Kier molecular flexibility index (Phi) is 5.08. The first kappa shape index (κ1) is 27.4. The Morgan fingerprint density at radius 2 is 1.06 bits per heavy atom. The lowest BCUT2D eigenvalue weighted by molar-refractivity contribution is 0.652. The maximum atomic E-state index is 6.77. The summed E-state index contributed by atoms with van der Waals surface area (Å²) in [5.74, 6) is 0. The van der Waals surface area contributed by atoms with Gasteiger partial charge in [0, 0.05) is 55.2 Å². The fourth-order valence-corrected chi connectivity index (χ4v) is 9.69. The van der Waals surface area contributed by atoms with E-state index in [1.807, 2.05) is 0 Å². The second-order valence-corrected chi connectivity index (χ2v) is 14.8. The van der Waals surface area contributed by atoms with Crippen molar-refractivity contribution in [3.63, 3.8) is 0 Å². The van der Waals surface area contributed by atoms with Crippen LogP contribution in [0.4, 0.5) is 17.1 Å². The van der Waals surface area contributed by atoms with Crippen molar-refractivity contribution in [1.82, 2.24) is 0 Å². The van der Waals surface area contributed by atoms with Gasteiger partial charge in [0.1, 0.15) is 11.2 Å². The van der Waals surface area contributed by atoms with E-state index in [1.165, 1.54) is 76.1 Å². The van der Waals surface area contributed by atoms with Gasteiger partial charge < -0.3 is 9.32 Å². The maximum absolute atomic E-state index is 6.77. The number of hydrogen-bond donors (Lipinski definition) is 0. The van der Waals surface area contributed by atoms with Crippen molar-refractivity contribution in [2.45, 2.75) is 19.3 Å². The summed E-state index contributed by atoms with van der Waals surface area (Å²) in [6.07, 6.45) is 0. The molecule has 0 unspecified atom stereocenters. The monoisotopic (exact) mass is 649 g/mol. The summed E-state index contributed by atoms with van der Waals surface area (Å²) >= 11 is 0. The van der Waals surface area contributed by atoms with E-state index in [0.29, 0.717) is 0 Å². The van der Waals surface area contributed by atoms with Crippen LogP contribution in [0.1, 0.15) is 25.0 Å². The van der Waals surface area contributed by atoms with Crippen molar-refractivity contribution >= 4 is 104 Å². The van der Waals surface area contributed by atoms with E-state index in [9.17, 15) is 0 Å². The zero-order valence-electron chi connectivity index (χ0n) is 28.3. The SMILES string of the molecule is CC1(C)c2cccc3c(N(c4ccccc4)c4ccc5c(c4)oc4c6ccccc6ccc54)c4cccc5c6cccc7ccc1c(c76)c(c23)c45. The highest BCUT2D eigenvalue weighted by molar-refractivity contribution is 6.42. The van der Waals surface area contributed by atoms with E-state index in [2.05, 4.69) is 170 Å². The lowest BCUT2D eigenvalue weighted by Gasteiger charge is -2.37. The smallest absolute Gasteiger partial charge is 0.143 e. The van der Waals surface area contributed by atoms with Crippen LogP contribution in [-0.2, 0) is 5.41 Å². The summed E-state index contributed by atoms with van der Waals surface area (Å²) in [5.41, 5.74) is 7.83. The molecular formula is C49H31NO. The molecule has 0 aliphatic heterocycles. The first-order valence-electron chi connectivity index (χ1n) is 17.9. The maximum Gasteiger partial charge on any atom is 0.143 e. The van der Waals surface area contributed by atoms with Gasteiger partial charge in [-0.25, -0.2) is 0 Å². The summed E-state index contributed by atoms with van der Waals surface area (Å²) in [6.45, 7) is 4.81. The molecule has 11 aromatic rings. The molecule has 0 N–H and O–H groups in total. The minimum Gasteiger partial charge on any atom is -0.455 e. The van der Waals surface area contributed by atoms with Gasteiger partial charge in [0.05, 0.1) is 5.69 Å². The number of furan rings is 1. The molecule has 2 heteroatoms. The molecule has 51 heavy (non-hydrogen) atoms. The zero-order chi connectivity index (χ0) is 33.6. The number of para-hydroxylation sites is 1. The van der Waals surface area contributed by atoms with Gasteiger partial charge >= 0.3 is 0 Å². The van der Waals surface area contributed by atoms with Crippen LogP contribution in [0.5, 0.6) is 0 Å². The highest BCUT2D eigenvalue weighted by atomic mass is 16.3. The molecule has 0 radical (unpaired) electrons. The fraction of sp³-hybridized carbons (Fsp3) is 0.0612. The highest BCUT2D eigenvalue weighted by Gasteiger charge is 2.36. The molecule has 1 heterocycles. The predicted octanol–water partition coefficient (Wildman–Crippen LogP) is 14.1. The first-order chi connectivity index (χ1) is 25.1. The Bertz CT molecular complexity index is 3280. The van der Waals surface area contributed by atoms with Crippen molar-refractivity contribution in [2.75, 3.05) is 4.90 Å². The van der Waals surface area contributed by atoms with E-state index in [4.69, 9.17) is 4.42 Å². The third kappa shape index (κ3) is 3.38. The van der Waals surface area contributed by atoms with Crippen LogP contribution < -0.4 is 4.90 Å². The average molecular weight is 650 g/mol. The highest BCUT2D eigenvalue weighted by Crippen LogP contribution is 2.57. The lowest BCUT2D eigenvalue weighted by Crippen LogP contribution is -2.23. The molecule has 0 saturated heterocycles. The van der Waals surface area contributed by atoms with Crippen molar-refractivity contribution in [2.24, 2.45) is 0 Å². The Morgan fingerprint density at radius 3 is 1.94 bits per heavy atom. The van der Waals surface area contributed by atoms with Crippen LogP contribution in [-0.4, -0.2) is 0 Å². The molecule has 12 rings (SSSR count). The van der Waals surface area contributed by atoms with Crippen LogP contribution in [0.15, 0.2) is 156 Å². The van der Waals surface area contributed by atoms with Gasteiger partial charge in [-0.2, -0.15) is 0 Å². The third-order valence-corrected chi connectivity index (χ3v) is 11.9. The summed E-state index contributed by atoms with van der Waals surface area (Å²) in [5, 5.41) is 17.9. The second-order valence-electron chi connectivity index (χ2n) is 14.8. The Labute approximate surface area is 294 Å². The molecule has 1 aromatic heterocycles. The van der Waals surface area contributed by atoms with Crippen LogP contribution in [0, 0.1) is 0 Å². The zero-order valence-corrected chi connectivity index (χ0v) is 28.3. The van der Waals surface area contributed by atoms with Crippen molar-refractivity contribution in [1.29, 1.82) is 0 Å². The predicted molar refractivity (Wildman–Crippen MR) is 217 cm³/mol. The molecule has 1 aliphatic carbocycles. The minimum atomic E-state index is -0.173. The molecule has 2 nitrogen and oxygen atoms in total. The number of hydrogen-bond acceptors (Lipinski definition) is 2. The molecule has 0 atom stereocenters. The van der Waals surface area contributed by atoms with Crippen LogP contribution in [0.2, 0.25) is 0 Å². The summed E-state index contributed by atoms with van der Waals surface area (Å²) in [4.78, 5) is 2.47. The molecule has 1 aliphatic rings. The summed E-state index contributed by atoms with van der Waals surface area (Å²) in [7, 11) is 0. The number of nitrogens with zero attached hydrogens (tertiary/aromatic N) is 1. The Hall–Kier alpha value is -6.38. The fourth-order valence-electron chi connectivity index (χ4n) is 9.69. The summed E-state index contributed by atoms with van der Waals surface area (Å²) < 4.78 is 6.77. The van der Waals surface area contributed by atoms with Crippen molar-refractivity contribution in [3.05, 3.63) is 163 Å². The number of fused-ring (bicyclic) bond motifs is 6. The second kappa shape index (κ2) is 9.44. The number of anilines is 3. The van der Waals surface area contributed by atoms with E-state index >= 15 is 0 Å². The van der Waals surface area contributed by atoms with Gasteiger partial charge in [-0.1, -0.05) is 129 Å². The van der Waals surface area contributed by atoms with E-state index in [0.717, 1.165) is 38.7 Å². The van der Waals surface area contributed by atoms with Gasteiger partial charge in [0.2, 0.25) is 0 Å². The van der Waals surface area contributed by atoms with Crippen molar-refractivity contribution < 1.29 is 4.42 Å². The van der Waals surface area contributed by atoms with Gasteiger partial charge in [-0.05, 0) is 84.5 Å². The quantitative estimate of drug-likeness (QED) is 0.140. The molecule has 10 aromatic carbocycles. The molecule has 0 fully saturated rings. The van der Waals surface area contributed by atoms with Gasteiger partial charge in [0.25, 0.3) is 0 Å². The van der Waals surface area contributed by atoms with Gasteiger partial charge in [-0.15, -0.1) is 0 Å². The minimum absolute atomic E-state index is 0.173. The molecule has 0 bridgehead atoms. The van der Waals surface area contributed by atoms with E-state index in [-0.39, 0.29) is 5.41 Å². The van der Waals surface area contributed by atoms with Gasteiger partial charge in [-0.3, -0.25) is 0 Å². The topological polar surface area (TPSA) is 16.4 Å². The number of rotatable bonds is 3. The van der Waals surface area contributed by atoms with E-state index in [1.54, 1.807) is 0 Å². The molecule has 0 amide bonds. The molecule has 0 spiro atoms. The molecular weight excluding hydrogens is 619 g/mol. The molecule has 238 valence electrons. The number of benzene rings is 10. The van der Waals surface area contributed by atoms with Crippen LogP contribution in [0.25, 0.3) is 86.6 Å². The van der Waals surface area contributed by atoms with Crippen molar-refractivity contribution in [3.8, 4) is 0 Å².